The van der Waals surface area contributed by atoms with Crippen molar-refractivity contribution in [1.29, 1.82) is 0 Å². The van der Waals surface area contributed by atoms with Gasteiger partial charge in [-0.05, 0) is 68.9 Å². The van der Waals surface area contributed by atoms with Crippen molar-refractivity contribution in [3.63, 3.8) is 0 Å². The second kappa shape index (κ2) is 6.48. The summed E-state index contributed by atoms with van der Waals surface area (Å²) in [5.41, 5.74) is 1.65. The van der Waals surface area contributed by atoms with Gasteiger partial charge in [-0.3, -0.25) is 0 Å². The first-order valence-electron chi connectivity index (χ1n) is 8.67. The zero-order valence-corrected chi connectivity index (χ0v) is 13.4. The molecule has 0 aliphatic heterocycles. The predicted molar refractivity (Wildman–Crippen MR) is 85.7 cm³/mol. The van der Waals surface area contributed by atoms with Crippen molar-refractivity contribution in [3.8, 4) is 0 Å². The lowest BCUT2D eigenvalue weighted by molar-refractivity contribution is 0.276. The zero-order chi connectivity index (χ0) is 14.8. The Bertz CT molecular complexity index is 484. The van der Waals surface area contributed by atoms with E-state index >= 15 is 0 Å². The maximum atomic E-state index is 14.5. The molecule has 0 saturated heterocycles. The van der Waals surface area contributed by atoms with E-state index in [1.54, 1.807) is 0 Å². The lowest BCUT2D eigenvalue weighted by Gasteiger charge is -2.28. The van der Waals surface area contributed by atoms with Crippen LogP contribution < -0.4 is 5.32 Å². The molecule has 0 aromatic heterocycles. The van der Waals surface area contributed by atoms with Crippen LogP contribution in [0.15, 0.2) is 18.2 Å². The molecule has 2 aliphatic rings. The molecule has 1 nitrogen and oxygen atoms in total. The van der Waals surface area contributed by atoms with E-state index in [-0.39, 0.29) is 11.9 Å². The van der Waals surface area contributed by atoms with Crippen molar-refractivity contribution < 1.29 is 4.39 Å². The third-order valence-corrected chi connectivity index (χ3v) is 5.66. The van der Waals surface area contributed by atoms with Crippen molar-refractivity contribution in [1.82, 2.24) is 5.32 Å². The molecule has 2 heteroatoms. The fourth-order valence-corrected chi connectivity index (χ4v) is 4.55. The van der Waals surface area contributed by atoms with Gasteiger partial charge in [-0.15, -0.1) is 0 Å². The highest BCUT2D eigenvalue weighted by Gasteiger charge is 2.40. The number of rotatable bonds is 6. The van der Waals surface area contributed by atoms with Crippen LogP contribution in [0.2, 0.25) is 0 Å². The summed E-state index contributed by atoms with van der Waals surface area (Å²) < 4.78 is 14.5. The lowest BCUT2D eigenvalue weighted by Crippen LogP contribution is -2.27. The minimum Gasteiger partial charge on any atom is -0.310 e. The molecule has 1 aromatic rings. The molecule has 2 bridgehead atoms. The van der Waals surface area contributed by atoms with E-state index in [1.807, 2.05) is 25.1 Å². The maximum Gasteiger partial charge on any atom is 0.130 e. The van der Waals surface area contributed by atoms with Gasteiger partial charge in [0.15, 0.2) is 0 Å². The molecule has 21 heavy (non-hydrogen) atoms. The average Bonchev–Trinajstić information content (AvgIpc) is 3.09. The molecule has 2 aliphatic carbocycles. The number of nitrogens with one attached hydrogen (secondary N) is 1. The molecule has 2 fully saturated rings. The molecule has 0 amide bonds. The van der Waals surface area contributed by atoms with Crippen LogP contribution in [0.4, 0.5) is 4.39 Å². The quantitative estimate of drug-likeness (QED) is 0.777. The smallest absolute Gasteiger partial charge is 0.130 e. The molecule has 0 heterocycles. The maximum absolute atomic E-state index is 14.5. The molecule has 1 aromatic carbocycles. The number of aryl methyl sites for hydroxylation is 1. The van der Waals surface area contributed by atoms with Gasteiger partial charge in [0.1, 0.15) is 5.82 Å². The summed E-state index contributed by atoms with van der Waals surface area (Å²) in [5, 5.41) is 3.60. The highest BCUT2D eigenvalue weighted by Crippen LogP contribution is 2.51. The van der Waals surface area contributed by atoms with Crippen molar-refractivity contribution in [3.05, 3.63) is 35.1 Å². The topological polar surface area (TPSA) is 12.0 Å². The van der Waals surface area contributed by atoms with Crippen LogP contribution in [0.3, 0.4) is 0 Å². The highest BCUT2D eigenvalue weighted by molar-refractivity contribution is 5.27. The highest BCUT2D eigenvalue weighted by atomic mass is 19.1. The van der Waals surface area contributed by atoms with Crippen molar-refractivity contribution in [2.45, 2.75) is 58.4 Å². The molecular formula is C19H28FN. The van der Waals surface area contributed by atoms with E-state index in [0.29, 0.717) is 0 Å². The Balaban J connectivity index is 1.75. The molecule has 1 N–H and O–H groups in total. The van der Waals surface area contributed by atoms with E-state index in [0.717, 1.165) is 48.3 Å². The van der Waals surface area contributed by atoms with Gasteiger partial charge in [0.25, 0.3) is 0 Å². The monoisotopic (exact) mass is 289 g/mol. The van der Waals surface area contributed by atoms with E-state index in [1.165, 1.54) is 25.7 Å². The third-order valence-electron chi connectivity index (χ3n) is 5.66. The second-order valence-corrected chi connectivity index (χ2v) is 7.16. The minimum absolute atomic E-state index is 0.00532. The number of fused-ring (bicyclic) bond motifs is 2. The summed E-state index contributed by atoms with van der Waals surface area (Å²) in [6, 6.07) is 6.03. The summed E-state index contributed by atoms with van der Waals surface area (Å²) in [5.74, 6) is 2.68. The predicted octanol–water partition coefficient (Wildman–Crippen LogP) is 5.00. The van der Waals surface area contributed by atoms with Crippen LogP contribution in [0.25, 0.3) is 0 Å². The second-order valence-electron chi connectivity index (χ2n) is 7.16. The number of halogens is 1. The van der Waals surface area contributed by atoms with E-state index < -0.39 is 0 Å². The first kappa shape index (κ1) is 15.0. The van der Waals surface area contributed by atoms with Crippen molar-refractivity contribution in [2.24, 2.45) is 17.8 Å². The van der Waals surface area contributed by atoms with E-state index in [2.05, 4.69) is 12.2 Å². The van der Waals surface area contributed by atoms with Crippen molar-refractivity contribution >= 4 is 0 Å². The average molecular weight is 289 g/mol. The van der Waals surface area contributed by atoms with Gasteiger partial charge in [-0.25, -0.2) is 4.39 Å². The van der Waals surface area contributed by atoms with Crippen LogP contribution in [-0.4, -0.2) is 6.54 Å². The number of hydrogen-bond acceptors (Lipinski definition) is 1. The molecule has 4 unspecified atom stereocenters. The molecule has 4 atom stereocenters. The Kier molecular flexibility index (Phi) is 4.63. The normalized spacial score (nSPS) is 29.0. The van der Waals surface area contributed by atoms with E-state index in [9.17, 15) is 4.39 Å². The van der Waals surface area contributed by atoms with Gasteiger partial charge in [-0.2, -0.15) is 0 Å². The third kappa shape index (κ3) is 3.15. The van der Waals surface area contributed by atoms with Crippen LogP contribution in [-0.2, 0) is 0 Å². The van der Waals surface area contributed by atoms with Crippen LogP contribution in [0, 0.1) is 30.5 Å². The first-order chi connectivity index (χ1) is 10.2. The SMILES string of the molecule is CCCNC(CC1CC2CCC1C2)c1cccc(C)c1F. The van der Waals surface area contributed by atoms with E-state index in [4.69, 9.17) is 0 Å². The molecule has 0 spiro atoms. The van der Waals surface area contributed by atoms with Gasteiger partial charge >= 0.3 is 0 Å². The summed E-state index contributed by atoms with van der Waals surface area (Å²) in [6.07, 6.45) is 7.87. The van der Waals surface area contributed by atoms with Crippen LogP contribution in [0.1, 0.15) is 62.6 Å². The summed E-state index contributed by atoms with van der Waals surface area (Å²) in [6.45, 7) is 5.01. The summed E-state index contributed by atoms with van der Waals surface area (Å²) >= 11 is 0. The van der Waals surface area contributed by atoms with Gasteiger partial charge in [0, 0.05) is 11.6 Å². The Labute approximate surface area is 128 Å². The Morgan fingerprint density at radius 3 is 2.81 bits per heavy atom. The lowest BCUT2D eigenvalue weighted by atomic mass is 9.82. The molecule has 2 saturated carbocycles. The zero-order valence-electron chi connectivity index (χ0n) is 13.4. The largest absolute Gasteiger partial charge is 0.310 e. The minimum atomic E-state index is -0.00532. The van der Waals surface area contributed by atoms with Crippen LogP contribution in [0.5, 0.6) is 0 Å². The first-order valence-corrected chi connectivity index (χ1v) is 8.67. The summed E-state index contributed by atoms with van der Waals surface area (Å²) in [4.78, 5) is 0. The fraction of sp³-hybridized carbons (Fsp3) is 0.684. The number of hydrogen-bond donors (Lipinski definition) is 1. The molecule has 0 radical (unpaired) electrons. The van der Waals surface area contributed by atoms with Gasteiger partial charge in [0.2, 0.25) is 0 Å². The molecular weight excluding hydrogens is 261 g/mol. The Morgan fingerprint density at radius 1 is 1.29 bits per heavy atom. The van der Waals surface area contributed by atoms with Crippen molar-refractivity contribution in [2.75, 3.05) is 6.54 Å². The Morgan fingerprint density at radius 2 is 2.14 bits per heavy atom. The standard InChI is InChI=1S/C19H28FN/c1-3-9-21-18(17-6-4-5-13(2)19(17)20)12-16-11-14-7-8-15(16)10-14/h4-6,14-16,18,21H,3,7-12H2,1-2H3. The van der Waals surface area contributed by atoms with Gasteiger partial charge < -0.3 is 5.32 Å². The van der Waals surface area contributed by atoms with Gasteiger partial charge in [0.05, 0.1) is 0 Å². The number of benzene rings is 1. The Hall–Kier alpha value is -0.890. The van der Waals surface area contributed by atoms with Crippen LogP contribution >= 0.6 is 0 Å². The summed E-state index contributed by atoms with van der Waals surface area (Å²) in [7, 11) is 0. The molecule has 3 rings (SSSR count). The molecule has 116 valence electrons. The fourth-order valence-electron chi connectivity index (χ4n) is 4.55. The van der Waals surface area contributed by atoms with Gasteiger partial charge in [-0.1, -0.05) is 31.5 Å².